The van der Waals surface area contributed by atoms with Crippen LogP contribution in [0.4, 0.5) is 0 Å². The molecule has 0 aromatic carbocycles. The third kappa shape index (κ3) is 3.79. The first-order valence-electron chi connectivity index (χ1n) is 13.2. The van der Waals surface area contributed by atoms with Gasteiger partial charge in [0.2, 0.25) is 0 Å². The van der Waals surface area contributed by atoms with E-state index in [4.69, 9.17) is 0 Å². The van der Waals surface area contributed by atoms with Crippen LogP contribution < -0.4 is 0 Å². The summed E-state index contributed by atoms with van der Waals surface area (Å²) in [5.74, 6) is 4.37. The van der Waals surface area contributed by atoms with E-state index in [1.54, 1.807) is 0 Å². The summed E-state index contributed by atoms with van der Waals surface area (Å²) in [6.07, 6.45) is 12.7. The van der Waals surface area contributed by atoms with E-state index < -0.39 is 0 Å². The Labute approximate surface area is 185 Å². The van der Waals surface area contributed by atoms with Crippen molar-refractivity contribution >= 4 is 0 Å². The van der Waals surface area contributed by atoms with Crippen molar-refractivity contribution in [1.82, 2.24) is 0 Å². The molecule has 3 N–H and O–H groups in total. The van der Waals surface area contributed by atoms with Crippen molar-refractivity contribution < 1.29 is 15.3 Å². The molecule has 0 aliphatic heterocycles. The second-order valence-corrected chi connectivity index (χ2v) is 12.7. The largest absolute Gasteiger partial charge is 0.396 e. The maximum Gasteiger partial charge on any atom is 0.0579 e. The summed E-state index contributed by atoms with van der Waals surface area (Å²) in [5.41, 5.74) is 0.707. The number of rotatable bonds is 6. The van der Waals surface area contributed by atoms with Gasteiger partial charge in [-0.3, -0.25) is 0 Å². The van der Waals surface area contributed by atoms with Gasteiger partial charge in [0.05, 0.1) is 12.2 Å². The lowest BCUT2D eigenvalue weighted by Gasteiger charge is -2.61. The van der Waals surface area contributed by atoms with Gasteiger partial charge in [0.25, 0.3) is 0 Å². The lowest BCUT2D eigenvalue weighted by molar-refractivity contribution is -0.130. The van der Waals surface area contributed by atoms with Gasteiger partial charge in [0.15, 0.2) is 0 Å². The summed E-state index contributed by atoms with van der Waals surface area (Å²) in [5, 5.41) is 30.8. The van der Waals surface area contributed by atoms with E-state index in [1.165, 1.54) is 44.9 Å². The van der Waals surface area contributed by atoms with Crippen LogP contribution in [0.5, 0.6) is 0 Å². The van der Waals surface area contributed by atoms with Gasteiger partial charge in [-0.05, 0) is 110 Å². The molecule has 11 atom stereocenters. The number of hydrogen-bond acceptors (Lipinski definition) is 3. The predicted molar refractivity (Wildman–Crippen MR) is 122 cm³/mol. The highest BCUT2D eigenvalue weighted by Gasteiger charge is 2.62. The minimum atomic E-state index is -0.136. The van der Waals surface area contributed by atoms with Gasteiger partial charge in [-0.15, -0.1) is 0 Å². The summed E-state index contributed by atoms with van der Waals surface area (Å²) in [6.45, 7) is 9.89. The second kappa shape index (κ2) is 8.67. The van der Waals surface area contributed by atoms with Crippen LogP contribution in [0.3, 0.4) is 0 Å². The third-order valence-electron chi connectivity index (χ3n) is 11.0. The Kier molecular flexibility index (Phi) is 6.66. The third-order valence-corrected chi connectivity index (χ3v) is 11.0. The molecule has 4 aliphatic carbocycles. The van der Waals surface area contributed by atoms with Crippen molar-refractivity contribution in [2.75, 3.05) is 6.61 Å². The van der Waals surface area contributed by atoms with Crippen LogP contribution in [0.15, 0.2) is 0 Å². The zero-order valence-electron chi connectivity index (χ0n) is 20.0. The Morgan fingerprint density at radius 3 is 2.33 bits per heavy atom. The van der Waals surface area contributed by atoms with Crippen molar-refractivity contribution in [1.29, 1.82) is 0 Å². The molecule has 0 aromatic rings. The summed E-state index contributed by atoms with van der Waals surface area (Å²) < 4.78 is 0. The maximum absolute atomic E-state index is 11.3. The monoisotopic (exact) mass is 420 g/mol. The average Bonchev–Trinajstić information content (AvgIpc) is 2.98. The first kappa shape index (κ1) is 23.1. The zero-order valence-corrected chi connectivity index (χ0v) is 20.0. The first-order valence-corrected chi connectivity index (χ1v) is 13.2. The lowest BCUT2D eigenvalue weighted by Crippen LogP contribution is -2.54. The Morgan fingerprint density at radius 2 is 1.60 bits per heavy atom. The quantitative estimate of drug-likeness (QED) is 0.538. The fourth-order valence-electron chi connectivity index (χ4n) is 9.38. The maximum atomic E-state index is 11.3. The summed E-state index contributed by atoms with van der Waals surface area (Å²) >= 11 is 0. The smallest absolute Gasteiger partial charge is 0.0579 e. The van der Waals surface area contributed by atoms with Gasteiger partial charge in [0.1, 0.15) is 0 Å². The highest BCUT2D eigenvalue weighted by Crippen LogP contribution is 2.68. The van der Waals surface area contributed by atoms with Crippen molar-refractivity contribution in [3.63, 3.8) is 0 Å². The minimum absolute atomic E-state index is 0.0689. The van der Waals surface area contributed by atoms with Crippen LogP contribution in [0.1, 0.15) is 98.3 Å². The van der Waals surface area contributed by atoms with E-state index in [-0.39, 0.29) is 12.2 Å². The molecule has 6 unspecified atom stereocenters. The molecule has 4 rings (SSSR count). The number of hydrogen-bond donors (Lipinski definition) is 3. The summed E-state index contributed by atoms with van der Waals surface area (Å²) in [6, 6.07) is 0. The van der Waals surface area contributed by atoms with Crippen LogP contribution in [-0.2, 0) is 0 Å². The van der Waals surface area contributed by atoms with Gasteiger partial charge in [-0.25, -0.2) is 0 Å². The molecular formula is C27H48O3. The SMILES string of the molecule is CC(CO)CCCC(C)C1[C@@H](O)CC2C3CC[C@H]4C[C@@H](O)CC[C@]4(C)C3CC[C@@]21C. The standard InChI is InChI=1S/C27H48O3/c1-17(16-28)6-5-7-18(2)25-24(30)15-23-21-9-8-19-14-20(29)10-12-26(19,3)22(21)11-13-27(23,25)4/h17-25,28-30H,5-16H2,1-4H3/t17?,18?,19-,20-,21?,22?,23?,24-,25?,26-,27-/m0/s1. The molecule has 0 spiro atoms. The van der Waals surface area contributed by atoms with Crippen LogP contribution >= 0.6 is 0 Å². The summed E-state index contributed by atoms with van der Waals surface area (Å²) in [4.78, 5) is 0. The predicted octanol–water partition coefficient (Wildman–Crippen LogP) is 5.41. The average molecular weight is 421 g/mol. The normalized spacial score (nSPS) is 50.3. The van der Waals surface area contributed by atoms with Crippen LogP contribution in [-0.4, -0.2) is 34.1 Å². The van der Waals surface area contributed by atoms with E-state index in [0.717, 1.165) is 37.5 Å². The molecule has 0 heterocycles. The van der Waals surface area contributed by atoms with E-state index >= 15 is 0 Å². The fourth-order valence-corrected chi connectivity index (χ4v) is 9.38. The van der Waals surface area contributed by atoms with E-state index in [2.05, 4.69) is 27.7 Å². The molecule has 0 amide bonds. The fraction of sp³-hybridized carbons (Fsp3) is 1.00. The molecule has 4 aliphatic rings. The minimum Gasteiger partial charge on any atom is -0.396 e. The topological polar surface area (TPSA) is 60.7 Å². The highest BCUT2D eigenvalue weighted by molar-refractivity contribution is 5.11. The Balaban J connectivity index is 1.47. The van der Waals surface area contributed by atoms with Gasteiger partial charge in [-0.2, -0.15) is 0 Å². The van der Waals surface area contributed by atoms with E-state index in [9.17, 15) is 15.3 Å². The van der Waals surface area contributed by atoms with Gasteiger partial charge in [0, 0.05) is 6.61 Å². The number of aliphatic hydroxyl groups excluding tert-OH is 3. The molecule has 0 saturated heterocycles. The van der Waals surface area contributed by atoms with Crippen molar-refractivity contribution in [2.45, 2.75) is 111 Å². The van der Waals surface area contributed by atoms with Crippen molar-refractivity contribution in [3.8, 4) is 0 Å². The Morgan fingerprint density at radius 1 is 0.867 bits per heavy atom. The molecule has 0 bridgehead atoms. The van der Waals surface area contributed by atoms with Crippen molar-refractivity contribution in [3.05, 3.63) is 0 Å². The molecule has 3 nitrogen and oxygen atoms in total. The second-order valence-electron chi connectivity index (χ2n) is 12.7. The molecular weight excluding hydrogens is 372 g/mol. The van der Waals surface area contributed by atoms with E-state index in [0.29, 0.717) is 47.0 Å². The van der Waals surface area contributed by atoms with E-state index in [1.807, 2.05) is 0 Å². The molecule has 4 saturated carbocycles. The van der Waals surface area contributed by atoms with Crippen LogP contribution in [0.2, 0.25) is 0 Å². The van der Waals surface area contributed by atoms with Crippen LogP contribution in [0.25, 0.3) is 0 Å². The molecule has 174 valence electrons. The Bertz CT molecular complexity index is 593. The molecule has 30 heavy (non-hydrogen) atoms. The van der Waals surface area contributed by atoms with Crippen LogP contribution in [0, 0.1) is 52.3 Å². The lowest BCUT2D eigenvalue weighted by atomic mass is 9.44. The van der Waals surface area contributed by atoms with Crippen molar-refractivity contribution in [2.24, 2.45) is 52.3 Å². The Hall–Kier alpha value is -0.120. The molecule has 3 heteroatoms. The van der Waals surface area contributed by atoms with Gasteiger partial charge < -0.3 is 15.3 Å². The zero-order chi connectivity index (χ0) is 21.7. The summed E-state index contributed by atoms with van der Waals surface area (Å²) in [7, 11) is 0. The molecule has 0 radical (unpaired) electrons. The first-order chi connectivity index (χ1) is 14.2. The number of fused-ring (bicyclic) bond motifs is 5. The van der Waals surface area contributed by atoms with Gasteiger partial charge in [-0.1, -0.05) is 40.5 Å². The number of aliphatic hydroxyl groups is 3. The van der Waals surface area contributed by atoms with Gasteiger partial charge >= 0.3 is 0 Å². The molecule has 4 fully saturated rings. The highest BCUT2D eigenvalue weighted by atomic mass is 16.3. The molecule has 0 aromatic heterocycles.